The maximum absolute atomic E-state index is 11.8. The molecule has 2 rings (SSSR count). The first-order valence-electron chi connectivity index (χ1n) is 8.42. The molecule has 0 aromatic heterocycles. The number of hydrogen-bond donors (Lipinski definition) is 2. The molecule has 0 aliphatic heterocycles. The second-order valence-electron chi connectivity index (χ2n) is 5.36. The Balaban J connectivity index is 2.22. The third kappa shape index (κ3) is 5.54. The molecule has 2 aromatic rings. The van der Waals surface area contributed by atoms with Gasteiger partial charge in [-0.05, 0) is 74.2 Å². The maximum Gasteiger partial charge on any atom is 0.201 e. The fraction of sp³-hybridized carbons (Fsp3) is 0.182. The molecule has 4 heteroatoms. The van der Waals surface area contributed by atoms with Crippen molar-refractivity contribution in [3.8, 4) is 23.7 Å². The maximum atomic E-state index is 11.8. The van der Waals surface area contributed by atoms with Gasteiger partial charge in [0, 0.05) is 24.2 Å². The zero-order valence-electron chi connectivity index (χ0n) is 14.8. The summed E-state index contributed by atoms with van der Waals surface area (Å²) in [7, 11) is 0. The molecule has 0 saturated carbocycles. The molecular formula is C22H20N2O2. The first-order chi connectivity index (χ1) is 12.6. The van der Waals surface area contributed by atoms with Crippen LogP contribution in [0.25, 0.3) is 0 Å². The van der Waals surface area contributed by atoms with Crippen LogP contribution in [0.2, 0.25) is 0 Å². The van der Waals surface area contributed by atoms with Crippen LogP contribution in [0.5, 0.6) is 0 Å². The lowest BCUT2D eigenvalue weighted by atomic mass is 10.2. The Kier molecular flexibility index (Phi) is 7.04. The average Bonchev–Trinajstić information content (AvgIpc) is 2.91. The molecule has 0 aliphatic rings. The Bertz CT molecular complexity index is 937. The summed E-state index contributed by atoms with van der Waals surface area (Å²) in [5.74, 6) is 11.4. The van der Waals surface area contributed by atoms with Gasteiger partial charge in [-0.25, -0.2) is 0 Å². The SMILES string of the molecule is CCNc1ccc(C#CC#Cc2ccc(NCC)c(=O)cc2)ccc1=O. The van der Waals surface area contributed by atoms with Crippen LogP contribution in [0.1, 0.15) is 25.0 Å². The van der Waals surface area contributed by atoms with Crippen molar-refractivity contribution in [3.05, 3.63) is 80.1 Å². The minimum absolute atomic E-state index is 0.0762. The van der Waals surface area contributed by atoms with E-state index in [4.69, 9.17) is 0 Å². The van der Waals surface area contributed by atoms with Gasteiger partial charge in [0.05, 0.1) is 11.4 Å². The summed E-state index contributed by atoms with van der Waals surface area (Å²) in [5.41, 5.74) is 2.35. The number of anilines is 2. The summed E-state index contributed by atoms with van der Waals surface area (Å²) < 4.78 is 0. The first-order valence-corrected chi connectivity index (χ1v) is 8.42. The van der Waals surface area contributed by atoms with E-state index in [0.717, 1.165) is 0 Å². The van der Waals surface area contributed by atoms with E-state index < -0.39 is 0 Å². The molecular weight excluding hydrogens is 324 g/mol. The molecule has 0 aliphatic carbocycles. The van der Waals surface area contributed by atoms with Gasteiger partial charge in [0.2, 0.25) is 10.9 Å². The molecule has 0 unspecified atom stereocenters. The predicted octanol–water partition coefficient (Wildman–Crippen LogP) is 2.67. The quantitative estimate of drug-likeness (QED) is 0.838. The predicted molar refractivity (Wildman–Crippen MR) is 108 cm³/mol. The average molecular weight is 344 g/mol. The van der Waals surface area contributed by atoms with Crippen molar-refractivity contribution in [2.24, 2.45) is 0 Å². The highest BCUT2D eigenvalue weighted by Gasteiger charge is 1.95. The van der Waals surface area contributed by atoms with Crippen LogP contribution in [0.15, 0.2) is 58.1 Å². The summed E-state index contributed by atoms with van der Waals surface area (Å²) >= 11 is 0. The monoisotopic (exact) mass is 344 g/mol. The molecule has 0 amide bonds. The van der Waals surface area contributed by atoms with E-state index in [1.54, 1.807) is 36.4 Å². The van der Waals surface area contributed by atoms with Gasteiger partial charge in [0.1, 0.15) is 0 Å². The van der Waals surface area contributed by atoms with Gasteiger partial charge >= 0.3 is 0 Å². The van der Waals surface area contributed by atoms with Crippen molar-refractivity contribution < 1.29 is 0 Å². The summed E-state index contributed by atoms with van der Waals surface area (Å²) in [4.78, 5) is 23.7. The first kappa shape index (κ1) is 18.8. The number of hydrogen-bond acceptors (Lipinski definition) is 4. The molecule has 130 valence electrons. The molecule has 26 heavy (non-hydrogen) atoms. The van der Waals surface area contributed by atoms with Crippen molar-refractivity contribution in [1.82, 2.24) is 0 Å². The zero-order chi connectivity index (χ0) is 18.8. The van der Waals surface area contributed by atoms with Crippen molar-refractivity contribution >= 4 is 11.4 Å². The molecule has 0 spiro atoms. The Morgan fingerprint density at radius 1 is 0.654 bits per heavy atom. The highest BCUT2D eigenvalue weighted by Crippen LogP contribution is 2.01. The van der Waals surface area contributed by atoms with Crippen molar-refractivity contribution in [2.75, 3.05) is 23.7 Å². The van der Waals surface area contributed by atoms with Crippen molar-refractivity contribution in [2.45, 2.75) is 13.8 Å². The van der Waals surface area contributed by atoms with E-state index in [1.165, 1.54) is 12.1 Å². The van der Waals surface area contributed by atoms with E-state index in [2.05, 4.69) is 34.3 Å². The van der Waals surface area contributed by atoms with E-state index in [-0.39, 0.29) is 10.9 Å². The molecule has 0 atom stereocenters. The Morgan fingerprint density at radius 2 is 1.04 bits per heavy atom. The molecule has 0 heterocycles. The largest absolute Gasteiger partial charge is 0.382 e. The molecule has 2 N–H and O–H groups in total. The summed E-state index contributed by atoms with van der Waals surface area (Å²) in [6.45, 7) is 5.23. The standard InChI is InChI=1S/C22H20N2O2/c1-3-23-19-13-9-17(11-15-21(19)25)7-5-6-8-18-10-14-20(24-4-2)22(26)16-12-18/h9-16H,3-4H2,1-2H3,(H,23,25)(H,24,26). The summed E-state index contributed by atoms with van der Waals surface area (Å²) in [6.07, 6.45) is 0. The number of nitrogens with one attached hydrogen (secondary N) is 2. The lowest BCUT2D eigenvalue weighted by molar-refractivity contribution is 1.21. The van der Waals surface area contributed by atoms with Gasteiger partial charge in [-0.2, -0.15) is 0 Å². The van der Waals surface area contributed by atoms with Gasteiger partial charge in [-0.15, -0.1) is 0 Å². The van der Waals surface area contributed by atoms with Gasteiger partial charge in [-0.1, -0.05) is 11.8 Å². The number of rotatable bonds is 4. The Morgan fingerprint density at radius 3 is 1.42 bits per heavy atom. The van der Waals surface area contributed by atoms with Gasteiger partial charge in [0.25, 0.3) is 0 Å². The van der Waals surface area contributed by atoms with Crippen LogP contribution < -0.4 is 21.5 Å². The lowest BCUT2D eigenvalue weighted by Crippen LogP contribution is -2.06. The fourth-order valence-electron chi connectivity index (χ4n) is 2.18. The second-order valence-corrected chi connectivity index (χ2v) is 5.36. The van der Waals surface area contributed by atoms with E-state index in [9.17, 15) is 9.59 Å². The van der Waals surface area contributed by atoms with Crippen LogP contribution in [-0.4, -0.2) is 13.1 Å². The smallest absolute Gasteiger partial charge is 0.201 e. The van der Waals surface area contributed by atoms with Crippen LogP contribution in [0.4, 0.5) is 11.4 Å². The Hall–Kier alpha value is -3.50. The summed E-state index contributed by atoms with van der Waals surface area (Å²) in [5, 5.41) is 6.03. The topological polar surface area (TPSA) is 58.2 Å². The minimum Gasteiger partial charge on any atom is -0.382 e. The van der Waals surface area contributed by atoms with Crippen LogP contribution in [-0.2, 0) is 0 Å². The third-order valence-corrected chi connectivity index (χ3v) is 3.43. The van der Waals surface area contributed by atoms with Crippen molar-refractivity contribution in [3.63, 3.8) is 0 Å². The third-order valence-electron chi connectivity index (χ3n) is 3.43. The second kappa shape index (κ2) is 9.71. The van der Waals surface area contributed by atoms with Gasteiger partial charge in [0.15, 0.2) is 0 Å². The normalized spacial score (nSPS) is 9.15. The Labute approximate surface area is 153 Å². The molecule has 0 fully saturated rings. The van der Waals surface area contributed by atoms with E-state index in [1.807, 2.05) is 13.8 Å². The minimum atomic E-state index is -0.0762. The molecule has 0 bridgehead atoms. The van der Waals surface area contributed by atoms with Crippen molar-refractivity contribution in [1.29, 1.82) is 0 Å². The summed E-state index contributed by atoms with van der Waals surface area (Å²) in [6, 6.07) is 13.3. The van der Waals surface area contributed by atoms with Gasteiger partial charge < -0.3 is 10.6 Å². The molecule has 4 nitrogen and oxygen atoms in total. The lowest BCUT2D eigenvalue weighted by Gasteiger charge is -1.95. The van der Waals surface area contributed by atoms with E-state index >= 15 is 0 Å². The highest BCUT2D eigenvalue weighted by atomic mass is 16.1. The van der Waals surface area contributed by atoms with Crippen LogP contribution in [0.3, 0.4) is 0 Å². The van der Waals surface area contributed by atoms with Gasteiger partial charge in [-0.3, -0.25) is 9.59 Å². The van der Waals surface area contributed by atoms with Crippen LogP contribution in [0, 0.1) is 23.7 Å². The van der Waals surface area contributed by atoms with Crippen LogP contribution >= 0.6 is 0 Å². The molecule has 0 radical (unpaired) electrons. The van der Waals surface area contributed by atoms with E-state index in [0.29, 0.717) is 35.6 Å². The highest BCUT2D eigenvalue weighted by molar-refractivity contribution is 5.49. The zero-order valence-corrected chi connectivity index (χ0v) is 14.8. The fourth-order valence-corrected chi connectivity index (χ4v) is 2.18. The molecule has 2 aromatic carbocycles. The molecule has 0 saturated heterocycles.